The smallest absolute Gasteiger partial charge is 0.329 e. The number of urea groups is 1. The summed E-state index contributed by atoms with van der Waals surface area (Å²) in [6.07, 6.45) is 1.83. The van der Waals surface area contributed by atoms with Gasteiger partial charge in [0.1, 0.15) is 17.8 Å². The van der Waals surface area contributed by atoms with E-state index in [2.05, 4.69) is 20.0 Å². The number of carbonyl (C=O) groups is 3. The van der Waals surface area contributed by atoms with E-state index in [1.54, 1.807) is 18.3 Å². The number of aromatic amines is 1. The second-order valence-corrected chi connectivity index (χ2v) is 6.69. The zero-order valence-corrected chi connectivity index (χ0v) is 17.0. The highest BCUT2D eigenvalue weighted by Crippen LogP contribution is 2.34. The number of rotatable bonds is 6. The first kappa shape index (κ1) is 21.2. The molecule has 3 rings (SSSR count). The summed E-state index contributed by atoms with van der Waals surface area (Å²) in [5.41, 5.74) is 2.46. The molecular formula is C20H24N4O6. The summed E-state index contributed by atoms with van der Waals surface area (Å²) in [5, 5.41) is 2.60. The number of nitrogens with one attached hydrogen (secondary N) is 2. The Labute approximate surface area is 173 Å². The molecule has 160 valence electrons. The van der Waals surface area contributed by atoms with E-state index in [9.17, 15) is 14.4 Å². The number of nitrogens with zero attached hydrogens (tertiary/aromatic N) is 2. The highest BCUT2D eigenvalue weighted by atomic mass is 16.5. The molecule has 1 unspecified atom stereocenters. The molecule has 0 aliphatic carbocycles. The minimum Gasteiger partial charge on any atom is -0.497 e. The highest BCUT2D eigenvalue weighted by molar-refractivity contribution is 5.87. The number of hydrogen-bond acceptors (Lipinski definition) is 7. The predicted molar refractivity (Wildman–Crippen MR) is 105 cm³/mol. The molecule has 2 amide bonds. The second-order valence-electron chi connectivity index (χ2n) is 6.69. The monoisotopic (exact) mass is 416 g/mol. The van der Waals surface area contributed by atoms with Crippen LogP contribution in [0, 0.1) is 0 Å². The minimum atomic E-state index is -1.17. The zero-order chi connectivity index (χ0) is 21.7. The number of amides is 2. The maximum atomic E-state index is 13.2. The topological polar surface area (TPSA) is 123 Å². The van der Waals surface area contributed by atoms with Crippen molar-refractivity contribution in [2.75, 3.05) is 27.9 Å². The van der Waals surface area contributed by atoms with Crippen molar-refractivity contribution in [2.24, 2.45) is 0 Å². The van der Waals surface area contributed by atoms with Gasteiger partial charge in [-0.25, -0.2) is 14.6 Å². The standard InChI is InChI=1S/C20H24N4O6/c1-28-13-6-4-5-12(9-13)18-17-14(21-11-22-17)7-8-24(18)20(27)23-15(19(26)30-3)10-16(25)29-2/h4-6,9,11,15,18H,7-8,10H2,1-3H3,(H,21,22)(H,23,27)/t15-,18?/m0/s1. The molecular weight excluding hydrogens is 392 g/mol. The Kier molecular flexibility index (Phi) is 6.55. The third kappa shape index (κ3) is 4.37. The van der Waals surface area contributed by atoms with Crippen molar-refractivity contribution >= 4 is 18.0 Å². The fraction of sp³-hybridized carbons (Fsp3) is 0.400. The lowest BCUT2D eigenvalue weighted by atomic mass is 9.95. The van der Waals surface area contributed by atoms with Crippen LogP contribution < -0.4 is 10.1 Å². The van der Waals surface area contributed by atoms with Gasteiger partial charge >= 0.3 is 18.0 Å². The Balaban J connectivity index is 1.90. The quantitative estimate of drug-likeness (QED) is 0.678. The van der Waals surface area contributed by atoms with Crippen LogP contribution in [0.3, 0.4) is 0 Å². The van der Waals surface area contributed by atoms with Crippen LogP contribution >= 0.6 is 0 Å². The van der Waals surface area contributed by atoms with Crippen molar-refractivity contribution in [1.82, 2.24) is 20.2 Å². The van der Waals surface area contributed by atoms with Gasteiger partial charge in [-0.1, -0.05) is 12.1 Å². The number of imidazole rings is 1. The fourth-order valence-corrected chi connectivity index (χ4v) is 3.46. The maximum Gasteiger partial charge on any atom is 0.329 e. The van der Waals surface area contributed by atoms with Crippen LogP contribution in [-0.2, 0) is 25.5 Å². The summed E-state index contributed by atoms with van der Waals surface area (Å²) >= 11 is 0. The van der Waals surface area contributed by atoms with E-state index in [-0.39, 0.29) is 6.42 Å². The molecule has 0 bridgehead atoms. The molecule has 2 heterocycles. The summed E-state index contributed by atoms with van der Waals surface area (Å²) < 4.78 is 14.7. The number of aromatic nitrogens is 2. The van der Waals surface area contributed by atoms with Crippen LogP contribution in [-0.4, -0.2) is 66.8 Å². The van der Waals surface area contributed by atoms with Crippen LogP contribution in [0.5, 0.6) is 5.75 Å². The normalized spacial score (nSPS) is 16.2. The summed E-state index contributed by atoms with van der Waals surface area (Å²) in [6.45, 7) is 0.384. The van der Waals surface area contributed by atoms with Gasteiger partial charge in [-0.15, -0.1) is 0 Å². The summed E-state index contributed by atoms with van der Waals surface area (Å²) in [7, 11) is 3.97. The number of H-pyrrole nitrogens is 1. The molecule has 1 aliphatic rings. The Morgan fingerprint density at radius 2 is 2.07 bits per heavy atom. The van der Waals surface area contributed by atoms with Gasteiger partial charge < -0.3 is 29.4 Å². The van der Waals surface area contributed by atoms with Crippen molar-refractivity contribution in [2.45, 2.75) is 24.9 Å². The average molecular weight is 416 g/mol. The number of methoxy groups -OCH3 is 3. The Hall–Kier alpha value is -3.56. The number of benzene rings is 1. The molecule has 2 aromatic rings. The van der Waals surface area contributed by atoms with Gasteiger partial charge in [0.25, 0.3) is 0 Å². The Morgan fingerprint density at radius 1 is 1.27 bits per heavy atom. The number of esters is 2. The van der Waals surface area contributed by atoms with Gasteiger partial charge in [0.15, 0.2) is 0 Å². The number of hydrogen-bond donors (Lipinski definition) is 2. The highest BCUT2D eigenvalue weighted by Gasteiger charge is 2.36. The molecule has 10 nitrogen and oxygen atoms in total. The summed E-state index contributed by atoms with van der Waals surface area (Å²) in [4.78, 5) is 46.0. The third-order valence-corrected chi connectivity index (χ3v) is 4.98. The first-order valence-electron chi connectivity index (χ1n) is 9.36. The van der Waals surface area contributed by atoms with E-state index >= 15 is 0 Å². The van der Waals surface area contributed by atoms with E-state index in [0.717, 1.165) is 11.3 Å². The first-order valence-corrected chi connectivity index (χ1v) is 9.36. The molecule has 1 aromatic heterocycles. The molecule has 0 saturated heterocycles. The molecule has 0 radical (unpaired) electrons. The molecule has 2 atom stereocenters. The van der Waals surface area contributed by atoms with Crippen molar-refractivity contribution in [3.63, 3.8) is 0 Å². The molecule has 1 aliphatic heterocycles. The van der Waals surface area contributed by atoms with Crippen molar-refractivity contribution in [3.05, 3.63) is 47.5 Å². The van der Waals surface area contributed by atoms with Crippen molar-refractivity contribution < 1.29 is 28.6 Å². The van der Waals surface area contributed by atoms with Gasteiger partial charge in [0.2, 0.25) is 0 Å². The van der Waals surface area contributed by atoms with Crippen LogP contribution in [0.1, 0.15) is 29.4 Å². The van der Waals surface area contributed by atoms with E-state index in [0.29, 0.717) is 24.4 Å². The van der Waals surface area contributed by atoms with Crippen molar-refractivity contribution in [1.29, 1.82) is 0 Å². The van der Waals surface area contributed by atoms with E-state index in [1.807, 2.05) is 24.3 Å². The third-order valence-electron chi connectivity index (χ3n) is 4.98. The lowest BCUT2D eigenvalue weighted by Gasteiger charge is -2.36. The maximum absolute atomic E-state index is 13.2. The average Bonchev–Trinajstić information content (AvgIpc) is 3.26. The van der Waals surface area contributed by atoms with E-state index < -0.39 is 30.1 Å². The van der Waals surface area contributed by atoms with E-state index in [1.165, 1.54) is 14.2 Å². The first-order chi connectivity index (χ1) is 14.5. The zero-order valence-electron chi connectivity index (χ0n) is 17.0. The second kappa shape index (κ2) is 9.29. The fourth-order valence-electron chi connectivity index (χ4n) is 3.46. The van der Waals surface area contributed by atoms with Gasteiger partial charge in [-0.05, 0) is 17.7 Å². The van der Waals surface area contributed by atoms with Gasteiger partial charge in [-0.2, -0.15) is 0 Å². The molecule has 10 heteroatoms. The van der Waals surface area contributed by atoms with Crippen LogP contribution in [0.2, 0.25) is 0 Å². The van der Waals surface area contributed by atoms with Gasteiger partial charge in [0.05, 0.1) is 39.8 Å². The SMILES string of the molecule is COC(=O)C[C@H](NC(=O)N1CCc2[nH]cnc2C1c1cccc(OC)c1)C(=O)OC. The minimum absolute atomic E-state index is 0.333. The van der Waals surface area contributed by atoms with Crippen LogP contribution in [0.25, 0.3) is 0 Å². The van der Waals surface area contributed by atoms with Gasteiger partial charge in [-0.3, -0.25) is 4.79 Å². The number of carbonyl (C=O) groups excluding carboxylic acids is 3. The largest absolute Gasteiger partial charge is 0.497 e. The van der Waals surface area contributed by atoms with Gasteiger partial charge in [0, 0.05) is 18.7 Å². The van der Waals surface area contributed by atoms with Crippen molar-refractivity contribution in [3.8, 4) is 5.75 Å². The summed E-state index contributed by atoms with van der Waals surface area (Å²) in [5.74, 6) is -0.721. The Bertz CT molecular complexity index is 928. The number of fused-ring (bicyclic) bond motifs is 1. The molecule has 1 aromatic carbocycles. The molecule has 0 saturated carbocycles. The lowest BCUT2D eigenvalue weighted by Crippen LogP contribution is -2.52. The predicted octanol–water partition coefficient (Wildman–Crippen LogP) is 1.18. The molecule has 2 N–H and O–H groups in total. The molecule has 30 heavy (non-hydrogen) atoms. The molecule has 0 fully saturated rings. The Morgan fingerprint density at radius 3 is 2.77 bits per heavy atom. The van der Waals surface area contributed by atoms with Crippen LogP contribution in [0.15, 0.2) is 30.6 Å². The van der Waals surface area contributed by atoms with Crippen LogP contribution in [0.4, 0.5) is 4.79 Å². The summed E-state index contributed by atoms with van der Waals surface area (Å²) in [6, 6.07) is 5.18. The lowest BCUT2D eigenvalue weighted by molar-refractivity contribution is -0.149. The number of ether oxygens (including phenoxy) is 3. The van der Waals surface area contributed by atoms with E-state index in [4.69, 9.17) is 9.47 Å². The molecule has 0 spiro atoms.